The van der Waals surface area contributed by atoms with Crippen molar-refractivity contribution in [2.45, 2.75) is 42.8 Å². The van der Waals surface area contributed by atoms with E-state index in [0.717, 1.165) is 43.5 Å². The SMILES string of the molecule is CN(C(=O)CSc1nnc(-c2ccncc2)n1C)C1(C#N)CCCCC1. The average molecular weight is 370 g/mol. The lowest BCUT2D eigenvalue weighted by Gasteiger charge is -2.39. The van der Waals surface area contributed by atoms with Crippen LogP contribution in [0.25, 0.3) is 11.4 Å². The zero-order valence-corrected chi connectivity index (χ0v) is 15.9. The molecule has 0 saturated heterocycles. The van der Waals surface area contributed by atoms with Crippen molar-refractivity contribution in [2.24, 2.45) is 7.05 Å². The molecule has 0 aliphatic heterocycles. The van der Waals surface area contributed by atoms with Crippen LogP contribution in [-0.4, -0.2) is 48.9 Å². The Hall–Kier alpha value is -2.40. The summed E-state index contributed by atoms with van der Waals surface area (Å²) in [6, 6.07) is 6.13. The minimum Gasteiger partial charge on any atom is -0.326 e. The summed E-state index contributed by atoms with van der Waals surface area (Å²) in [5.41, 5.74) is 0.272. The fraction of sp³-hybridized carbons (Fsp3) is 0.500. The summed E-state index contributed by atoms with van der Waals surface area (Å²) in [6.07, 6.45) is 8.06. The monoisotopic (exact) mass is 370 g/mol. The number of aromatic nitrogens is 4. The zero-order chi connectivity index (χ0) is 18.6. The molecule has 0 radical (unpaired) electrons. The van der Waals surface area contributed by atoms with E-state index in [1.807, 2.05) is 23.7 Å². The van der Waals surface area contributed by atoms with Gasteiger partial charge in [-0.3, -0.25) is 9.78 Å². The van der Waals surface area contributed by atoms with E-state index in [1.54, 1.807) is 24.3 Å². The second-order valence-electron chi connectivity index (χ2n) is 6.55. The van der Waals surface area contributed by atoms with Gasteiger partial charge in [-0.1, -0.05) is 31.0 Å². The molecule has 7 nitrogen and oxygen atoms in total. The van der Waals surface area contributed by atoms with Crippen molar-refractivity contribution in [3.63, 3.8) is 0 Å². The molecule has 0 aromatic carbocycles. The van der Waals surface area contributed by atoms with Gasteiger partial charge in [-0.05, 0) is 25.0 Å². The van der Waals surface area contributed by atoms with Crippen LogP contribution in [0.4, 0.5) is 0 Å². The van der Waals surface area contributed by atoms with Crippen molar-refractivity contribution < 1.29 is 4.79 Å². The molecule has 0 spiro atoms. The largest absolute Gasteiger partial charge is 0.326 e. The van der Waals surface area contributed by atoms with Crippen LogP contribution in [0, 0.1) is 11.3 Å². The van der Waals surface area contributed by atoms with Crippen LogP contribution < -0.4 is 0 Å². The third-order valence-electron chi connectivity index (χ3n) is 5.00. The molecule has 2 aromatic heterocycles. The predicted molar refractivity (Wildman–Crippen MR) is 99.2 cm³/mol. The smallest absolute Gasteiger partial charge is 0.234 e. The number of thioether (sulfide) groups is 1. The molecule has 0 N–H and O–H groups in total. The van der Waals surface area contributed by atoms with Crippen LogP contribution in [0.15, 0.2) is 29.7 Å². The highest BCUT2D eigenvalue weighted by molar-refractivity contribution is 7.99. The molecular weight excluding hydrogens is 348 g/mol. The van der Waals surface area contributed by atoms with E-state index in [1.165, 1.54) is 11.8 Å². The molecule has 3 rings (SSSR count). The fourth-order valence-electron chi connectivity index (χ4n) is 3.31. The minimum atomic E-state index is -0.655. The molecule has 1 amide bonds. The van der Waals surface area contributed by atoms with E-state index in [0.29, 0.717) is 5.16 Å². The van der Waals surface area contributed by atoms with Gasteiger partial charge < -0.3 is 9.47 Å². The number of carbonyl (C=O) groups is 1. The second-order valence-corrected chi connectivity index (χ2v) is 7.49. The highest BCUT2D eigenvalue weighted by atomic mass is 32.2. The van der Waals surface area contributed by atoms with Gasteiger partial charge in [0.2, 0.25) is 5.91 Å². The quantitative estimate of drug-likeness (QED) is 0.752. The van der Waals surface area contributed by atoms with Gasteiger partial charge in [0.25, 0.3) is 0 Å². The molecule has 1 aliphatic carbocycles. The van der Waals surface area contributed by atoms with Gasteiger partial charge in [0.05, 0.1) is 11.8 Å². The summed E-state index contributed by atoms with van der Waals surface area (Å²) >= 11 is 1.35. The molecular formula is C18H22N6OS. The van der Waals surface area contributed by atoms with Gasteiger partial charge >= 0.3 is 0 Å². The fourth-order valence-corrected chi connectivity index (χ4v) is 4.14. The number of amides is 1. The predicted octanol–water partition coefficient (Wildman–Crippen LogP) is 2.65. The third kappa shape index (κ3) is 3.58. The summed E-state index contributed by atoms with van der Waals surface area (Å²) in [5.74, 6) is 0.922. The highest BCUT2D eigenvalue weighted by Crippen LogP contribution is 2.33. The maximum atomic E-state index is 12.7. The zero-order valence-electron chi connectivity index (χ0n) is 15.1. The summed E-state index contributed by atoms with van der Waals surface area (Å²) in [7, 11) is 3.63. The van der Waals surface area contributed by atoms with Crippen molar-refractivity contribution in [1.29, 1.82) is 5.26 Å². The molecule has 1 fully saturated rings. The van der Waals surface area contributed by atoms with Crippen LogP contribution in [0.5, 0.6) is 0 Å². The molecule has 2 aromatic rings. The van der Waals surface area contributed by atoms with Crippen molar-refractivity contribution in [3.8, 4) is 17.5 Å². The molecule has 2 heterocycles. The molecule has 0 atom stereocenters. The second kappa shape index (κ2) is 7.87. The Morgan fingerprint density at radius 3 is 2.65 bits per heavy atom. The molecule has 26 heavy (non-hydrogen) atoms. The van der Waals surface area contributed by atoms with E-state index in [4.69, 9.17) is 0 Å². The molecule has 8 heteroatoms. The number of rotatable bonds is 5. The summed E-state index contributed by atoms with van der Waals surface area (Å²) < 4.78 is 1.87. The first-order chi connectivity index (χ1) is 12.6. The molecule has 0 unspecified atom stereocenters. The van der Waals surface area contributed by atoms with Crippen molar-refractivity contribution >= 4 is 17.7 Å². The lowest BCUT2D eigenvalue weighted by molar-refractivity contribution is -0.131. The van der Waals surface area contributed by atoms with Gasteiger partial charge in [-0.25, -0.2) is 0 Å². The maximum absolute atomic E-state index is 12.7. The Morgan fingerprint density at radius 1 is 1.31 bits per heavy atom. The Morgan fingerprint density at radius 2 is 2.00 bits per heavy atom. The van der Waals surface area contributed by atoms with Crippen molar-refractivity contribution in [1.82, 2.24) is 24.6 Å². The van der Waals surface area contributed by atoms with Crippen LogP contribution in [0.2, 0.25) is 0 Å². The Labute approximate surface area is 157 Å². The first kappa shape index (κ1) is 18.4. The minimum absolute atomic E-state index is 0.0492. The Kier molecular flexibility index (Phi) is 5.57. The standard InChI is InChI=1S/C18H22N6OS/c1-23-16(14-6-10-20-11-7-14)21-22-17(23)26-12-15(25)24(2)18(13-19)8-4-3-5-9-18/h6-7,10-11H,3-5,8-9,12H2,1-2H3. The first-order valence-electron chi connectivity index (χ1n) is 8.68. The van der Waals surface area contributed by atoms with Crippen LogP contribution in [0.1, 0.15) is 32.1 Å². The highest BCUT2D eigenvalue weighted by Gasteiger charge is 2.38. The number of hydrogen-bond acceptors (Lipinski definition) is 6. The average Bonchev–Trinajstić information content (AvgIpc) is 3.07. The Bertz CT molecular complexity index is 807. The molecule has 136 valence electrons. The summed E-state index contributed by atoms with van der Waals surface area (Å²) in [6.45, 7) is 0. The molecule has 1 aliphatic rings. The van der Waals surface area contributed by atoms with Gasteiger partial charge in [0.1, 0.15) is 5.54 Å². The first-order valence-corrected chi connectivity index (χ1v) is 9.66. The summed E-state index contributed by atoms with van der Waals surface area (Å²) in [5, 5.41) is 18.7. The van der Waals surface area contributed by atoms with E-state index < -0.39 is 5.54 Å². The Balaban J connectivity index is 1.67. The number of hydrogen-bond donors (Lipinski definition) is 0. The number of nitrogens with zero attached hydrogens (tertiary/aromatic N) is 6. The van der Waals surface area contributed by atoms with Crippen LogP contribution in [0.3, 0.4) is 0 Å². The number of carbonyl (C=O) groups excluding carboxylic acids is 1. The van der Waals surface area contributed by atoms with Gasteiger partial charge in [-0.2, -0.15) is 5.26 Å². The molecule has 0 bridgehead atoms. The van der Waals surface area contributed by atoms with Crippen molar-refractivity contribution in [3.05, 3.63) is 24.5 Å². The van der Waals surface area contributed by atoms with Gasteiger partial charge in [-0.15, -0.1) is 10.2 Å². The lowest BCUT2D eigenvalue weighted by Crippen LogP contribution is -2.50. The van der Waals surface area contributed by atoms with Gasteiger partial charge in [0, 0.05) is 32.1 Å². The van der Waals surface area contributed by atoms with Crippen molar-refractivity contribution in [2.75, 3.05) is 12.8 Å². The molecule has 1 saturated carbocycles. The third-order valence-corrected chi connectivity index (χ3v) is 6.01. The van der Waals surface area contributed by atoms with E-state index in [2.05, 4.69) is 21.3 Å². The number of nitriles is 1. The summed E-state index contributed by atoms with van der Waals surface area (Å²) in [4.78, 5) is 18.3. The van der Waals surface area contributed by atoms with E-state index in [-0.39, 0.29) is 11.7 Å². The van der Waals surface area contributed by atoms with E-state index >= 15 is 0 Å². The topological polar surface area (TPSA) is 87.7 Å². The number of pyridine rings is 1. The van der Waals surface area contributed by atoms with Crippen LogP contribution in [-0.2, 0) is 11.8 Å². The van der Waals surface area contributed by atoms with Crippen LogP contribution >= 0.6 is 11.8 Å². The van der Waals surface area contributed by atoms with E-state index in [9.17, 15) is 10.1 Å². The maximum Gasteiger partial charge on any atom is 0.234 e. The lowest BCUT2D eigenvalue weighted by atomic mass is 9.81. The normalized spacial score (nSPS) is 16.0. The van der Waals surface area contributed by atoms with Gasteiger partial charge in [0.15, 0.2) is 11.0 Å².